The molecule has 0 saturated carbocycles. The maximum atomic E-state index is 3.51. The van der Waals surface area contributed by atoms with Crippen molar-refractivity contribution in [3.05, 3.63) is 20.8 Å². The summed E-state index contributed by atoms with van der Waals surface area (Å²) in [6, 6.07) is 2.20. The zero-order chi connectivity index (χ0) is 12.9. The summed E-state index contributed by atoms with van der Waals surface area (Å²) in [5.74, 6) is 0. The van der Waals surface area contributed by atoms with Gasteiger partial charge in [-0.05, 0) is 69.3 Å². The van der Waals surface area contributed by atoms with Gasteiger partial charge in [0.15, 0.2) is 0 Å². The van der Waals surface area contributed by atoms with Gasteiger partial charge in [0.1, 0.15) is 0 Å². The summed E-state index contributed by atoms with van der Waals surface area (Å²) in [7, 11) is 2.19. The van der Waals surface area contributed by atoms with Crippen LogP contribution in [0.4, 0.5) is 0 Å². The molecular weight excluding hydrogens is 296 g/mol. The van der Waals surface area contributed by atoms with E-state index in [-0.39, 0.29) is 5.54 Å². The number of hydrogen-bond donors (Lipinski definition) is 1. The van der Waals surface area contributed by atoms with Gasteiger partial charge in [0.25, 0.3) is 0 Å². The first-order valence-electron chi connectivity index (χ1n) is 6.03. The average Bonchev–Trinajstić information content (AvgIpc) is 2.57. The Bertz CT molecular complexity index is 330. The van der Waals surface area contributed by atoms with E-state index in [2.05, 4.69) is 65.4 Å². The number of halogens is 1. The lowest BCUT2D eigenvalue weighted by molar-refractivity contribution is 0.312. The molecule has 0 aliphatic rings. The van der Waals surface area contributed by atoms with Crippen molar-refractivity contribution in [1.82, 2.24) is 10.2 Å². The molecule has 1 rings (SSSR count). The molecule has 0 aliphatic heterocycles. The van der Waals surface area contributed by atoms with Crippen molar-refractivity contribution in [2.75, 3.05) is 20.1 Å². The van der Waals surface area contributed by atoms with Crippen molar-refractivity contribution < 1.29 is 0 Å². The third kappa shape index (κ3) is 7.19. The number of hydrogen-bond acceptors (Lipinski definition) is 3. The highest BCUT2D eigenvalue weighted by molar-refractivity contribution is 9.10. The predicted octanol–water partition coefficient (Wildman–Crippen LogP) is 3.72. The molecule has 98 valence electrons. The van der Waals surface area contributed by atoms with E-state index in [0.717, 1.165) is 19.6 Å². The molecule has 17 heavy (non-hydrogen) atoms. The Labute approximate surface area is 118 Å². The van der Waals surface area contributed by atoms with Crippen LogP contribution in [0, 0.1) is 0 Å². The van der Waals surface area contributed by atoms with Crippen molar-refractivity contribution in [2.24, 2.45) is 0 Å². The Balaban J connectivity index is 2.15. The fourth-order valence-electron chi connectivity index (χ4n) is 1.59. The highest BCUT2D eigenvalue weighted by Crippen LogP contribution is 2.20. The van der Waals surface area contributed by atoms with Gasteiger partial charge in [-0.3, -0.25) is 0 Å². The molecule has 0 fully saturated rings. The highest BCUT2D eigenvalue weighted by Gasteiger charge is 2.08. The lowest BCUT2D eigenvalue weighted by atomic mass is 10.1. The second kappa shape index (κ2) is 6.88. The molecule has 1 N–H and O–H groups in total. The highest BCUT2D eigenvalue weighted by atomic mass is 79.9. The molecule has 0 saturated heterocycles. The smallest absolute Gasteiger partial charge is 0.0325 e. The first-order valence-corrected chi connectivity index (χ1v) is 7.70. The minimum Gasteiger partial charge on any atom is -0.312 e. The van der Waals surface area contributed by atoms with Gasteiger partial charge in [0.2, 0.25) is 0 Å². The van der Waals surface area contributed by atoms with Gasteiger partial charge in [0, 0.05) is 26.8 Å². The molecule has 1 aromatic rings. The maximum Gasteiger partial charge on any atom is 0.0325 e. The van der Waals surface area contributed by atoms with E-state index >= 15 is 0 Å². The summed E-state index contributed by atoms with van der Waals surface area (Å²) in [5, 5.41) is 5.66. The standard InChI is InChI=1S/C13H23BrN2S/c1-13(2,3)15-6-5-7-16(4)9-12-8-11(14)10-17-12/h8,10,15H,5-7,9H2,1-4H3. The number of nitrogens with one attached hydrogen (secondary N) is 1. The van der Waals surface area contributed by atoms with E-state index in [1.54, 1.807) is 0 Å². The molecule has 0 aromatic carbocycles. The fraction of sp³-hybridized carbons (Fsp3) is 0.692. The SMILES string of the molecule is CN(CCCNC(C)(C)C)Cc1cc(Br)cs1. The van der Waals surface area contributed by atoms with E-state index in [0.29, 0.717) is 0 Å². The van der Waals surface area contributed by atoms with Crippen molar-refractivity contribution in [1.29, 1.82) is 0 Å². The van der Waals surface area contributed by atoms with Crippen LogP contribution in [-0.4, -0.2) is 30.6 Å². The summed E-state index contributed by atoms with van der Waals surface area (Å²) in [5.41, 5.74) is 0.233. The maximum absolute atomic E-state index is 3.51. The van der Waals surface area contributed by atoms with Gasteiger partial charge in [-0.2, -0.15) is 0 Å². The lowest BCUT2D eigenvalue weighted by Crippen LogP contribution is -2.37. The van der Waals surface area contributed by atoms with Crippen LogP contribution in [0.3, 0.4) is 0 Å². The van der Waals surface area contributed by atoms with Crippen LogP contribution < -0.4 is 5.32 Å². The Kier molecular flexibility index (Phi) is 6.13. The molecule has 4 heteroatoms. The Morgan fingerprint density at radius 3 is 2.65 bits per heavy atom. The second-order valence-electron chi connectivity index (χ2n) is 5.50. The minimum absolute atomic E-state index is 0.233. The number of nitrogens with zero attached hydrogens (tertiary/aromatic N) is 1. The van der Waals surface area contributed by atoms with Gasteiger partial charge in [0.05, 0.1) is 0 Å². The van der Waals surface area contributed by atoms with Crippen molar-refractivity contribution in [3.8, 4) is 0 Å². The molecule has 0 bridgehead atoms. The predicted molar refractivity (Wildman–Crippen MR) is 80.7 cm³/mol. The lowest BCUT2D eigenvalue weighted by Gasteiger charge is -2.22. The van der Waals surface area contributed by atoms with Gasteiger partial charge >= 0.3 is 0 Å². The van der Waals surface area contributed by atoms with E-state index in [1.807, 2.05) is 11.3 Å². The first kappa shape index (κ1) is 15.2. The number of thiophene rings is 1. The van der Waals surface area contributed by atoms with Crippen LogP contribution in [-0.2, 0) is 6.54 Å². The van der Waals surface area contributed by atoms with E-state index in [4.69, 9.17) is 0 Å². The summed E-state index contributed by atoms with van der Waals surface area (Å²) in [4.78, 5) is 3.80. The molecule has 0 amide bonds. The molecular formula is C13H23BrN2S. The monoisotopic (exact) mass is 318 g/mol. The van der Waals surface area contributed by atoms with Crippen LogP contribution in [0.5, 0.6) is 0 Å². The van der Waals surface area contributed by atoms with Crippen molar-refractivity contribution >= 4 is 27.3 Å². The molecule has 0 unspecified atom stereocenters. The Morgan fingerprint density at radius 1 is 1.41 bits per heavy atom. The molecule has 0 spiro atoms. The van der Waals surface area contributed by atoms with Gasteiger partial charge < -0.3 is 10.2 Å². The quantitative estimate of drug-likeness (QED) is 0.804. The van der Waals surface area contributed by atoms with Crippen LogP contribution >= 0.6 is 27.3 Å². The molecule has 1 heterocycles. The minimum atomic E-state index is 0.233. The van der Waals surface area contributed by atoms with Crippen LogP contribution in [0.2, 0.25) is 0 Å². The van der Waals surface area contributed by atoms with Gasteiger partial charge in [-0.1, -0.05) is 0 Å². The third-order valence-electron chi connectivity index (χ3n) is 2.42. The number of rotatable bonds is 6. The molecule has 1 aromatic heterocycles. The Hall–Kier alpha value is 0.1000. The van der Waals surface area contributed by atoms with E-state index in [9.17, 15) is 0 Å². The van der Waals surface area contributed by atoms with Crippen LogP contribution in [0.25, 0.3) is 0 Å². The zero-order valence-corrected chi connectivity index (χ0v) is 13.6. The Morgan fingerprint density at radius 2 is 2.12 bits per heavy atom. The summed E-state index contributed by atoms with van der Waals surface area (Å²) < 4.78 is 1.19. The molecule has 0 aliphatic carbocycles. The van der Waals surface area contributed by atoms with Crippen molar-refractivity contribution in [3.63, 3.8) is 0 Å². The van der Waals surface area contributed by atoms with Gasteiger partial charge in [-0.25, -0.2) is 0 Å². The topological polar surface area (TPSA) is 15.3 Å². The summed E-state index contributed by atoms with van der Waals surface area (Å²) >= 11 is 5.31. The molecule has 0 radical (unpaired) electrons. The average molecular weight is 319 g/mol. The second-order valence-corrected chi connectivity index (χ2v) is 7.41. The molecule has 0 atom stereocenters. The van der Waals surface area contributed by atoms with Crippen molar-refractivity contribution in [2.45, 2.75) is 39.3 Å². The van der Waals surface area contributed by atoms with Crippen LogP contribution in [0.1, 0.15) is 32.1 Å². The fourth-order valence-corrected chi connectivity index (χ4v) is 3.12. The van der Waals surface area contributed by atoms with E-state index in [1.165, 1.54) is 15.8 Å². The largest absolute Gasteiger partial charge is 0.312 e. The van der Waals surface area contributed by atoms with Crippen LogP contribution in [0.15, 0.2) is 15.9 Å². The zero-order valence-electron chi connectivity index (χ0n) is 11.2. The summed E-state index contributed by atoms with van der Waals surface area (Å²) in [6.07, 6.45) is 1.19. The summed E-state index contributed by atoms with van der Waals surface area (Å²) in [6.45, 7) is 9.89. The molecule has 2 nitrogen and oxygen atoms in total. The first-order chi connectivity index (χ1) is 7.87. The third-order valence-corrected chi connectivity index (χ3v) is 4.10. The van der Waals surface area contributed by atoms with E-state index < -0.39 is 0 Å². The normalized spacial score (nSPS) is 12.4. The van der Waals surface area contributed by atoms with Gasteiger partial charge in [-0.15, -0.1) is 11.3 Å².